The van der Waals surface area contributed by atoms with Crippen LogP contribution in [0.4, 0.5) is 5.13 Å². The maximum atomic E-state index is 12.4. The minimum absolute atomic E-state index is 0.0325. The van der Waals surface area contributed by atoms with Crippen LogP contribution in [0.25, 0.3) is 10.2 Å². The summed E-state index contributed by atoms with van der Waals surface area (Å²) in [6.07, 6.45) is 0. The van der Waals surface area contributed by atoms with Gasteiger partial charge in [0.25, 0.3) is 5.91 Å². The fourth-order valence-corrected chi connectivity index (χ4v) is 4.37. The summed E-state index contributed by atoms with van der Waals surface area (Å²) in [6, 6.07) is 9.33. The quantitative estimate of drug-likeness (QED) is 0.673. The molecule has 1 N–H and O–H groups in total. The second-order valence-corrected chi connectivity index (χ2v) is 9.21. The molecule has 3 rings (SSSR count). The topological polar surface area (TPSA) is 76.1 Å². The molecule has 25 heavy (non-hydrogen) atoms. The lowest BCUT2D eigenvalue weighted by molar-refractivity contribution is 0.102. The zero-order valence-corrected chi connectivity index (χ0v) is 16.1. The minimum atomic E-state index is -3.38. The second-order valence-electron chi connectivity index (χ2n) is 5.11. The lowest BCUT2D eigenvalue weighted by Crippen LogP contribution is -2.13. The Morgan fingerprint density at radius 3 is 2.72 bits per heavy atom. The predicted molar refractivity (Wildman–Crippen MR) is 102 cm³/mol. The van der Waals surface area contributed by atoms with E-state index in [4.69, 9.17) is 23.2 Å². The van der Waals surface area contributed by atoms with E-state index < -0.39 is 15.7 Å². The van der Waals surface area contributed by atoms with E-state index in [2.05, 4.69) is 10.3 Å². The highest BCUT2D eigenvalue weighted by Gasteiger charge is 2.16. The van der Waals surface area contributed by atoms with Crippen molar-refractivity contribution in [2.24, 2.45) is 0 Å². The summed E-state index contributed by atoms with van der Waals surface area (Å²) in [7, 11) is -3.38. The van der Waals surface area contributed by atoms with E-state index in [0.29, 0.717) is 20.7 Å². The van der Waals surface area contributed by atoms with Gasteiger partial charge in [-0.3, -0.25) is 10.1 Å². The molecule has 0 radical (unpaired) electrons. The Morgan fingerprint density at radius 2 is 2.00 bits per heavy atom. The molecule has 1 amide bonds. The van der Waals surface area contributed by atoms with Gasteiger partial charge in [0.15, 0.2) is 15.0 Å². The Kier molecular flexibility index (Phi) is 5.02. The standard InChI is InChI=1S/C16H12Cl2N2O3S2/c1-2-25(22,23)10-5-3-4-9(8-10)15(21)20-16-19-14-12(24-16)7-6-11(17)13(14)18/h3-8H,2H2,1H3,(H,19,20,21). The third-order valence-electron chi connectivity index (χ3n) is 3.51. The largest absolute Gasteiger partial charge is 0.298 e. The van der Waals surface area contributed by atoms with Gasteiger partial charge in [0.1, 0.15) is 5.52 Å². The average Bonchev–Trinajstić information content (AvgIpc) is 3.01. The van der Waals surface area contributed by atoms with E-state index in [9.17, 15) is 13.2 Å². The summed E-state index contributed by atoms with van der Waals surface area (Å²) in [5.41, 5.74) is 0.745. The molecular formula is C16H12Cl2N2O3S2. The number of thiazole rings is 1. The van der Waals surface area contributed by atoms with Gasteiger partial charge in [-0.2, -0.15) is 0 Å². The third-order valence-corrected chi connectivity index (χ3v) is 6.97. The molecule has 3 aromatic rings. The molecule has 0 aliphatic rings. The highest BCUT2D eigenvalue weighted by atomic mass is 35.5. The first-order valence-corrected chi connectivity index (χ1v) is 10.4. The minimum Gasteiger partial charge on any atom is -0.298 e. The van der Waals surface area contributed by atoms with Crippen molar-refractivity contribution in [1.29, 1.82) is 0 Å². The molecule has 0 atom stereocenters. The van der Waals surface area contributed by atoms with Crippen molar-refractivity contribution in [3.05, 3.63) is 52.0 Å². The maximum absolute atomic E-state index is 12.4. The molecule has 0 saturated heterocycles. The van der Waals surface area contributed by atoms with E-state index in [1.54, 1.807) is 25.1 Å². The fraction of sp³-hybridized carbons (Fsp3) is 0.125. The number of sulfone groups is 1. The smallest absolute Gasteiger partial charge is 0.257 e. The monoisotopic (exact) mass is 414 g/mol. The lowest BCUT2D eigenvalue weighted by atomic mass is 10.2. The third kappa shape index (κ3) is 3.64. The van der Waals surface area contributed by atoms with Gasteiger partial charge in [0.05, 0.1) is 25.4 Å². The number of nitrogens with zero attached hydrogens (tertiary/aromatic N) is 1. The van der Waals surface area contributed by atoms with E-state index >= 15 is 0 Å². The van der Waals surface area contributed by atoms with Gasteiger partial charge < -0.3 is 0 Å². The van der Waals surface area contributed by atoms with Crippen molar-refractivity contribution in [1.82, 2.24) is 4.98 Å². The zero-order valence-electron chi connectivity index (χ0n) is 12.9. The highest BCUT2D eigenvalue weighted by molar-refractivity contribution is 7.91. The molecule has 9 heteroatoms. The van der Waals surface area contributed by atoms with Crippen LogP contribution in [0.1, 0.15) is 17.3 Å². The van der Waals surface area contributed by atoms with Gasteiger partial charge >= 0.3 is 0 Å². The SMILES string of the molecule is CCS(=O)(=O)c1cccc(C(=O)Nc2nc3c(Cl)c(Cl)ccc3s2)c1. The normalized spacial score (nSPS) is 11.6. The van der Waals surface area contributed by atoms with Gasteiger partial charge in [0.2, 0.25) is 0 Å². The van der Waals surface area contributed by atoms with Crippen molar-refractivity contribution in [3.8, 4) is 0 Å². The fourth-order valence-electron chi connectivity index (χ4n) is 2.16. The molecule has 130 valence electrons. The molecular weight excluding hydrogens is 403 g/mol. The van der Waals surface area contributed by atoms with Crippen LogP contribution < -0.4 is 5.32 Å². The van der Waals surface area contributed by atoms with Crippen LogP contribution in [0.3, 0.4) is 0 Å². The van der Waals surface area contributed by atoms with Crippen molar-refractivity contribution in [2.75, 3.05) is 11.1 Å². The molecule has 0 unspecified atom stereocenters. The summed E-state index contributed by atoms with van der Waals surface area (Å²) >= 11 is 13.3. The summed E-state index contributed by atoms with van der Waals surface area (Å²) in [5.74, 6) is -0.482. The predicted octanol–water partition coefficient (Wildman–Crippen LogP) is 4.65. The van der Waals surface area contributed by atoms with Crippen molar-refractivity contribution < 1.29 is 13.2 Å². The molecule has 0 bridgehead atoms. The van der Waals surface area contributed by atoms with Crippen molar-refractivity contribution in [2.45, 2.75) is 11.8 Å². The average molecular weight is 415 g/mol. The van der Waals surface area contributed by atoms with E-state index in [-0.39, 0.29) is 16.2 Å². The molecule has 1 heterocycles. The lowest BCUT2D eigenvalue weighted by Gasteiger charge is -2.05. The second kappa shape index (κ2) is 6.92. The number of amides is 1. The van der Waals surface area contributed by atoms with Gasteiger partial charge in [-0.05, 0) is 30.3 Å². The van der Waals surface area contributed by atoms with Gasteiger partial charge in [-0.15, -0.1) is 0 Å². The number of benzene rings is 2. The highest BCUT2D eigenvalue weighted by Crippen LogP contribution is 2.35. The number of hydrogen-bond donors (Lipinski definition) is 1. The number of aromatic nitrogens is 1. The molecule has 0 aliphatic heterocycles. The van der Waals surface area contributed by atoms with Crippen LogP contribution >= 0.6 is 34.5 Å². The van der Waals surface area contributed by atoms with E-state index in [1.165, 1.54) is 29.5 Å². The first-order chi connectivity index (χ1) is 11.8. The molecule has 2 aromatic carbocycles. The first kappa shape index (κ1) is 18.1. The number of nitrogens with one attached hydrogen (secondary N) is 1. The Bertz CT molecular complexity index is 1080. The summed E-state index contributed by atoms with van der Waals surface area (Å²) < 4.78 is 24.7. The number of hydrogen-bond acceptors (Lipinski definition) is 5. The number of halogens is 2. The Hall–Kier alpha value is -1.67. The van der Waals surface area contributed by atoms with Crippen LogP contribution in [0.5, 0.6) is 0 Å². The summed E-state index contributed by atoms with van der Waals surface area (Å²) in [5, 5.41) is 3.73. The van der Waals surface area contributed by atoms with Gasteiger partial charge in [-0.25, -0.2) is 13.4 Å². The Morgan fingerprint density at radius 1 is 1.24 bits per heavy atom. The van der Waals surface area contributed by atoms with Crippen LogP contribution in [0.2, 0.25) is 10.0 Å². The number of anilines is 1. The summed E-state index contributed by atoms with van der Waals surface area (Å²) in [4.78, 5) is 16.8. The van der Waals surface area contributed by atoms with Crippen LogP contribution in [0, 0.1) is 0 Å². The molecule has 0 fully saturated rings. The number of rotatable bonds is 4. The molecule has 0 saturated carbocycles. The number of fused-ring (bicyclic) bond motifs is 1. The Balaban J connectivity index is 1.90. The van der Waals surface area contributed by atoms with Crippen LogP contribution in [-0.2, 0) is 9.84 Å². The van der Waals surface area contributed by atoms with E-state index in [1.807, 2.05) is 0 Å². The van der Waals surface area contributed by atoms with Crippen LogP contribution in [-0.4, -0.2) is 25.1 Å². The number of carbonyl (C=O) groups excluding carboxylic acids is 1. The first-order valence-electron chi connectivity index (χ1n) is 7.20. The molecule has 0 spiro atoms. The Labute approximate surface area is 158 Å². The van der Waals surface area contributed by atoms with Crippen molar-refractivity contribution >= 4 is 65.6 Å². The zero-order chi connectivity index (χ0) is 18.2. The van der Waals surface area contributed by atoms with Crippen LogP contribution in [0.15, 0.2) is 41.3 Å². The van der Waals surface area contributed by atoms with Gasteiger partial charge in [0, 0.05) is 5.56 Å². The van der Waals surface area contributed by atoms with Crippen molar-refractivity contribution in [3.63, 3.8) is 0 Å². The summed E-state index contributed by atoms with van der Waals surface area (Å²) in [6.45, 7) is 1.55. The maximum Gasteiger partial charge on any atom is 0.257 e. The molecule has 5 nitrogen and oxygen atoms in total. The number of carbonyl (C=O) groups is 1. The van der Waals surface area contributed by atoms with E-state index in [0.717, 1.165) is 4.70 Å². The molecule has 0 aliphatic carbocycles. The molecule has 1 aromatic heterocycles. The van der Waals surface area contributed by atoms with Gasteiger partial charge in [-0.1, -0.05) is 47.5 Å².